The average molecular weight is 359 g/mol. The summed E-state index contributed by atoms with van der Waals surface area (Å²) in [6.45, 7) is 5.67. The molecule has 0 bridgehead atoms. The Labute approximate surface area is 147 Å². The van der Waals surface area contributed by atoms with Gasteiger partial charge in [-0.1, -0.05) is 13.8 Å². The Morgan fingerprint density at radius 1 is 1.08 bits per heavy atom. The fourth-order valence-corrected chi connectivity index (χ4v) is 6.38. The second-order valence-electron chi connectivity index (χ2n) is 8.34. The lowest BCUT2D eigenvalue weighted by atomic mass is 9.80. The molecule has 3 fully saturated rings. The van der Waals surface area contributed by atoms with Crippen molar-refractivity contribution in [1.29, 1.82) is 0 Å². The van der Waals surface area contributed by atoms with Gasteiger partial charge < -0.3 is 10.5 Å². The summed E-state index contributed by atoms with van der Waals surface area (Å²) in [6, 6.07) is -0.272. The van der Waals surface area contributed by atoms with Gasteiger partial charge in [0.1, 0.15) is 0 Å². The molecule has 2 saturated carbocycles. The number of ether oxygens (including phenoxy) is 1. The Morgan fingerprint density at radius 2 is 1.75 bits per heavy atom. The first kappa shape index (κ1) is 18.6. The number of hydrogen-bond acceptors (Lipinski definition) is 4. The summed E-state index contributed by atoms with van der Waals surface area (Å²) in [4.78, 5) is 0. The van der Waals surface area contributed by atoms with Crippen LogP contribution in [0.5, 0.6) is 0 Å². The highest BCUT2D eigenvalue weighted by atomic mass is 32.2. The normalized spacial score (nSPS) is 36.2. The molecule has 5 nitrogen and oxygen atoms in total. The molecule has 0 unspecified atom stereocenters. The highest BCUT2D eigenvalue weighted by Gasteiger charge is 2.45. The van der Waals surface area contributed by atoms with E-state index in [1.165, 1.54) is 12.8 Å². The molecule has 2 atom stereocenters. The van der Waals surface area contributed by atoms with Crippen LogP contribution in [0.25, 0.3) is 0 Å². The van der Waals surface area contributed by atoms with Crippen LogP contribution in [0, 0.1) is 11.8 Å². The van der Waals surface area contributed by atoms with Crippen LogP contribution >= 0.6 is 0 Å². The zero-order chi connectivity index (χ0) is 17.3. The lowest BCUT2D eigenvalue weighted by Gasteiger charge is -2.40. The van der Waals surface area contributed by atoms with Gasteiger partial charge in [-0.3, -0.25) is 0 Å². The van der Waals surface area contributed by atoms with Gasteiger partial charge in [-0.2, -0.15) is 4.31 Å². The summed E-state index contributed by atoms with van der Waals surface area (Å²) in [6.07, 6.45) is 8.29. The van der Waals surface area contributed by atoms with E-state index in [0.717, 1.165) is 50.4 Å². The molecule has 1 aliphatic heterocycles. The van der Waals surface area contributed by atoms with E-state index in [-0.39, 0.29) is 23.4 Å². The molecule has 24 heavy (non-hydrogen) atoms. The largest absolute Gasteiger partial charge is 0.376 e. The van der Waals surface area contributed by atoms with E-state index in [4.69, 9.17) is 10.5 Å². The van der Waals surface area contributed by atoms with Crippen molar-refractivity contribution in [2.24, 2.45) is 17.6 Å². The van der Waals surface area contributed by atoms with Crippen molar-refractivity contribution in [3.8, 4) is 0 Å². The van der Waals surface area contributed by atoms with Crippen LogP contribution in [0.2, 0.25) is 0 Å². The molecule has 6 heteroatoms. The van der Waals surface area contributed by atoms with E-state index in [1.54, 1.807) is 4.31 Å². The van der Waals surface area contributed by atoms with E-state index in [0.29, 0.717) is 13.2 Å². The van der Waals surface area contributed by atoms with Crippen molar-refractivity contribution in [2.75, 3.05) is 13.2 Å². The van der Waals surface area contributed by atoms with Crippen LogP contribution in [0.3, 0.4) is 0 Å². The van der Waals surface area contributed by atoms with Gasteiger partial charge >= 0.3 is 0 Å². The molecule has 0 amide bonds. The highest BCUT2D eigenvalue weighted by molar-refractivity contribution is 7.90. The second kappa shape index (κ2) is 7.60. The number of sulfonamides is 1. The molecule has 2 aliphatic carbocycles. The van der Waals surface area contributed by atoms with Crippen LogP contribution in [0.1, 0.15) is 65.2 Å². The highest BCUT2D eigenvalue weighted by Crippen LogP contribution is 2.35. The minimum atomic E-state index is -3.17. The Morgan fingerprint density at radius 3 is 2.33 bits per heavy atom. The molecule has 1 heterocycles. The van der Waals surface area contributed by atoms with Gasteiger partial charge in [0, 0.05) is 12.6 Å². The van der Waals surface area contributed by atoms with Crippen molar-refractivity contribution in [3.63, 3.8) is 0 Å². The van der Waals surface area contributed by atoms with Gasteiger partial charge in [-0.15, -0.1) is 0 Å². The molecule has 0 aromatic heterocycles. The Hall–Kier alpha value is -0.170. The SMILES string of the molecule is CC(C)C1CCC(OC[C@H]2[C@@H](N)CCCN2S(=O)(=O)C2CC2)CC1. The monoisotopic (exact) mass is 358 g/mol. The quantitative estimate of drug-likeness (QED) is 0.792. The predicted molar refractivity (Wildman–Crippen MR) is 96.2 cm³/mol. The third kappa shape index (κ3) is 4.14. The van der Waals surface area contributed by atoms with Gasteiger partial charge in [0.05, 0.1) is 24.0 Å². The molecule has 1 saturated heterocycles. The Bertz CT molecular complexity index is 510. The third-order valence-electron chi connectivity index (χ3n) is 6.22. The summed E-state index contributed by atoms with van der Waals surface area (Å²) in [5, 5.41) is -0.160. The van der Waals surface area contributed by atoms with E-state index in [9.17, 15) is 8.42 Å². The first-order valence-corrected chi connectivity index (χ1v) is 11.3. The van der Waals surface area contributed by atoms with E-state index >= 15 is 0 Å². The van der Waals surface area contributed by atoms with Crippen molar-refractivity contribution >= 4 is 10.0 Å². The van der Waals surface area contributed by atoms with Gasteiger partial charge in [0.2, 0.25) is 10.0 Å². The standard InChI is InChI=1S/C18H34N2O3S/c1-13(2)14-5-7-15(8-6-14)23-12-18-17(19)4-3-11-20(18)24(21,22)16-9-10-16/h13-18H,3-12,19H2,1-2H3/t14?,15?,17-,18-/m0/s1. The fourth-order valence-electron chi connectivity index (χ4n) is 4.29. The maximum Gasteiger partial charge on any atom is 0.217 e. The molecule has 140 valence electrons. The van der Waals surface area contributed by atoms with E-state index < -0.39 is 10.0 Å². The fraction of sp³-hybridized carbons (Fsp3) is 1.00. The molecule has 3 aliphatic rings. The molecular weight excluding hydrogens is 324 g/mol. The van der Waals surface area contributed by atoms with Crippen molar-refractivity contribution in [2.45, 2.75) is 88.7 Å². The van der Waals surface area contributed by atoms with Crippen LogP contribution in [-0.4, -0.2) is 49.3 Å². The second-order valence-corrected chi connectivity index (χ2v) is 10.5. The summed E-state index contributed by atoms with van der Waals surface area (Å²) in [7, 11) is -3.17. The van der Waals surface area contributed by atoms with Gasteiger partial charge in [0.25, 0.3) is 0 Å². The lowest BCUT2D eigenvalue weighted by Crippen LogP contribution is -2.57. The first-order valence-electron chi connectivity index (χ1n) is 9.77. The summed E-state index contributed by atoms with van der Waals surface area (Å²) < 4.78 is 33.2. The minimum absolute atomic E-state index is 0.0979. The summed E-state index contributed by atoms with van der Waals surface area (Å²) in [5.41, 5.74) is 6.28. The van der Waals surface area contributed by atoms with Crippen molar-refractivity contribution in [3.05, 3.63) is 0 Å². The number of rotatable bonds is 6. The predicted octanol–water partition coefficient (Wildman–Crippen LogP) is 2.50. The molecule has 3 rings (SSSR count). The molecule has 0 aromatic carbocycles. The van der Waals surface area contributed by atoms with Crippen LogP contribution < -0.4 is 5.73 Å². The van der Waals surface area contributed by atoms with Crippen molar-refractivity contribution < 1.29 is 13.2 Å². The number of hydrogen-bond donors (Lipinski definition) is 1. The minimum Gasteiger partial charge on any atom is -0.376 e. The number of nitrogens with two attached hydrogens (primary N) is 1. The lowest BCUT2D eigenvalue weighted by molar-refractivity contribution is -0.0161. The molecule has 0 spiro atoms. The summed E-state index contributed by atoms with van der Waals surface area (Å²) in [5.74, 6) is 1.56. The number of piperidine rings is 1. The van der Waals surface area contributed by atoms with E-state index in [2.05, 4.69) is 13.8 Å². The maximum absolute atomic E-state index is 12.7. The van der Waals surface area contributed by atoms with Gasteiger partial charge in [-0.05, 0) is 63.2 Å². The van der Waals surface area contributed by atoms with Gasteiger partial charge in [-0.25, -0.2) is 8.42 Å². The average Bonchev–Trinajstić information content (AvgIpc) is 3.39. The smallest absolute Gasteiger partial charge is 0.217 e. The third-order valence-corrected chi connectivity index (χ3v) is 8.64. The molecule has 0 aromatic rings. The maximum atomic E-state index is 12.7. The molecular formula is C18H34N2O3S. The number of nitrogens with zero attached hydrogens (tertiary/aromatic N) is 1. The topological polar surface area (TPSA) is 72.6 Å². The zero-order valence-corrected chi connectivity index (χ0v) is 16.0. The first-order chi connectivity index (χ1) is 11.4. The zero-order valence-electron chi connectivity index (χ0n) is 15.2. The van der Waals surface area contributed by atoms with Gasteiger partial charge in [0.15, 0.2) is 0 Å². The van der Waals surface area contributed by atoms with Crippen LogP contribution in [0.4, 0.5) is 0 Å². The van der Waals surface area contributed by atoms with Crippen molar-refractivity contribution in [1.82, 2.24) is 4.31 Å². The van der Waals surface area contributed by atoms with Crippen LogP contribution in [0.15, 0.2) is 0 Å². The molecule has 0 radical (unpaired) electrons. The Balaban J connectivity index is 1.56. The van der Waals surface area contributed by atoms with Crippen LogP contribution in [-0.2, 0) is 14.8 Å². The Kier molecular flexibility index (Phi) is 5.90. The van der Waals surface area contributed by atoms with E-state index in [1.807, 2.05) is 0 Å². The molecule has 2 N–H and O–H groups in total. The summed E-state index contributed by atoms with van der Waals surface area (Å²) >= 11 is 0.